The van der Waals surface area contributed by atoms with Crippen molar-refractivity contribution in [1.29, 1.82) is 0 Å². The number of hydrogen-bond acceptors (Lipinski definition) is 0. The maximum atomic E-state index is 3.78. The summed E-state index contributed by atoms with van der Waals surface area (Å²) in [6.45, 7) is 0. The van der Waals surface area contributed by atoms with Gasteiger partial charge in [-0.2, -0.15) is 0 Å². The molecule has 4 aromatic carbocycles. The average Bonchev–Trinajstić information content (AvgIpc) is 3.05. The fourth-order valence-electron chi connectivity index (χ4n) is 3.76. The molecule has 0 radical (unpaired) electrons. The normalized spacial score (nSPS) is 11.3. The molecular formula is C24H16BrN. The number of rotatable bonds is 2. The van der Waals surface area contributed by atoms with Gasteiger partial charge < -0.3 is 4.57 Å². The standard InChI is InChI=1S/C24H16BrN/c25-21-14-8-13-20-19-12-5-7-16-23(19)26(24(20)21)22-15-6-4-11-18(22)17-9-2-1-3-10-17/h1-16H. The van der Waals surface area contributed by atoms with Crippen molar-refractivity contribution in [3.63, 3.8) is 0 Å². The molecule has 2 heteroatoms. The predicted molar refractivity (Wildman–Crippen MR) is 114 cm³/mol. The second kappa shape index (κ2) is 6.15. The van der Waals surface area contributed by atoms with Gasteiger partial charge in [-0.3, -0.25) is 0 Å². The van der Waals surface area contributed by atoms with Gasteiger partial charge in [0.05, 0.1) is 16.7 Å². The molecule has 26 heavy (non-hydrogen) atoms. The summed E-state index contributed by atoms with van der Waals surface area (Å²) in [4.78, 5) is 0. The van der Waals surface area contributed by atoms with Crippen molar-refractivity contribution in [1.82, 2.24) is 4.57 Å². The third kappa shape index (κ3) is 2.30. The van der Waals surface area contributed by atoms with Gasteiger partial charge in [-0.05, 0) is 39.7 Å². The van der Waals surface area contributed by atoms with E-state index in [-0.39, 0.29) is 0 Å². The molecule has 0 aliphatic rings. The Morgan fingerprint density at radius 3 is 2.15 bits per heavy atom. The van der Waals surface area contributed by atoms with Gasteiger partial charge in [0.1, 0.15) is 0 Å². The van der Waals surface area contributed by atoms with Crippen molar-refractivity contribution in [3.05, 3.63) is 102 Å². The van der Waals surface area contributed by atoms with Crippen molar-refractivity contribution < 1.29 is 0 Å². The van der Waals surface area contributed by atoms with Gasteiger partial charge in [0.25, 0.3) is 0 Å². The van der Waals surface area contributed by atoms with Gasteiger partial charge in [0, 0.05) is 20.8 Å². The molecule has 0 saturated carbocycles. The van der Waals surface area contributed by atoms with Gasteiger partial charge in [-0.25, -0.2) is 0 Å². The maximum Gasteiger partial charge on any atom is 0.0683 e. The van der Waals surface area contributed by atoms with Crippen LogP contribution in [0.15, 0.2) is 102 Å². The van der Waals surface area contributed by atoms with E-state index in [1.54, 1.807) is 0 Å². The second-order valence-electron chi connectivity index (χ2n) is 6.37. The molecule has 1 nitrogen and oxygen atoms in total. The molecule has 0 spiro atoms. The number of nitrogens with zero attached hydrogens (tertiary/aromatic N) is 1. The van der Waals surface area contributed by atoms with Gasteiger partial charge in [0.2, 0.25) is 0 Å². The Bertz CT molecular complexity index is 1240. The highest BCUT2D eigenvalue weighted by molar-refractivity contribution is 9.10. The van der Waals surface area contributed by atoms with Crippen LogP contribution in [-0.2, 0) is 0 Å². The summed E-state index contributed by atoms with van der Waals surface area (Å²) in [7, 11) is 0. The van der Waals surface area contributed by atoms with E-state index in [0.29, 0.717) is 0 Å². The zero-order valence-electron chi connectivity index (χ0n) is 14.1. The van der Waals surface area contributed by atoms with Crippen LogP contribution in [0.3, 0.4) is 0 Å². The molecule has 0 unspecified atom stereocenters. The largest absolute Gasteiger partial charge is 0.307 e. The molecule has 0 amide bonds. The zero-order valence-corrected chi connectivity index (χ0v) is 15.6. The maximum absolute atomic E-state index is 3.78. The highest BCUT2D eigenvalue weighted by Crippen LogP contribution is 2.38. The molecule has 0 N–H and O–H groups in total. The predicted octanol–water partition coefficient (Wildman–Crippen LogP) is 7.21. The molecule has 0 aliphatic carbocycles. The molecule has 0 fully saturated rings. The lowest BCUT2D eigenvalue weighted by Gasteiger charge is -2.14. The highest BCUT2D eigenvalue weighted by atomic mass is 79.9. The van der Waals surface area contributed by atoms with Gasteiger partial charge in [0.15, 0.2) is 0 Å². The SMILES string of the molecule is Brc1cccc2c3ccccc3n(-c3ccccc3-c3ccccc3)c12. The lowest BCUT2D eigenvalue weighted by atomic mass is 10.0. The van der Waals surface area contributed by atoms with Gasteiger partial charge in [-0.1, -0.05) is 78.9 Å². The number of hydrogen-bond donors (Lipinski definition) is 0. The Balaban J connectivity index is 1.95. The summed E-state index contributed by atoms with van der Waals surface area (Å²) < 4.78 is 3.48. The van der Waals surface area contributed by atoms with E-state index in [4.69, 9.17) is 0 Å². The third-order valence-electron chi connectivity index (χ3n) is 4.88. The number of halogens is 1. The quantitative estimate of drug-likeness (QED) is 0.296. The Hall–Kier alpha value is -2.84. The van der Waals surface area contributed by atoms with E-state index in [9.17, 15) is 0 Å². The van der Waals surface area contributed by atoms with Crippen LogP contribution in [0.2, 0.25) is 0 Å². The lowest BCUT2D eigenvalue weighted by molar-refractivity contribution is 1.18. The van der Waals surface area contributed by atoms with Gasteiger partial charge >= 0.3 is 0 Å². The molecule has 1 heterocycles. The van der Waals surface area contributed by atoms with Crippen LogP contribution in [0.1, 0.15) is 0 Å². The molecule has 5 aromatic rings. The summed E-state index contributed by atoms with van der Waals surface area (Å²) >= 11 is 3.78. The van der Waals surface area contributed by atoms with Gasteiger partial charge in [-0.15, -0.1) is 0 Å². The number of aromatic nitrogens is 1. The minimum Gasteiger partial charge on any atom is -0.307 e. The molecule has 1 aromatic heterocycles. The smallest absolute Gasteiger partial charge is 0.0683 e. The summed E-state index contributed by atoms with van der Waals surface area (Å²) in [6, 6.07) is 34.2. The first kappa shape index (κ1) is 15.4. The van der Waals surface area contributed by atoms with E-state index in [1.807, 2.05) is 0 Å². The fourth-order valence-corrected chi connectivity index (χ4v) is 4.30. The average molecular weight is 398 g/mol. The number of benzene rings is 4. The molecule has 0 aliphatic heterocycles. The molecule has 124 valence electrons. The number of para-hydroxylation sites is 3. The monoisotopic (exact) mass is 397 g/mol. The van der Waals surface area contributed by atoms with Crippen molar-refractivity contribution in [2.45, 2.75) is 0 Å². The van der Waals surface area contributed by atoms with Crippen molar-refractivity contribution >= 4 is 37.7 Å². The van der Waals surface area contributed by atoms with E-state index in [0.717, 1.165) is 4.47 Å². The topological polar surface area (TPSA) is 4.93 Å². The number of fused-ring (bicyclic) bond motifs is 3. The Morgan fingerprint density at radius 1 is 0.577 bits per heavy atom. The summed E-state index contributed by atoms with van der Waals surface area (Å²) in [5.74, 6) is 0. The van der Waals surface area contributed by atoms with Crippen LogP contribution in [0.4, 0.5) is 0 Å². The van der Waals surface area contributed by atoms with Crippen LogP contribution in [0.25, 0.3) is 38.6 Å². The molecular weight excluding hydrogens is 382 g/mol. The summed E-state index contributed by atoms with van der Waals surface area (Å²) in [6.07, 6.45) is 0. The minimum atomic E-state index is 1.11. The first-order chi connectivity index (χ1) is 12.8. The first-order valence-corrected chi connectivity index (χ1v) is 9.46. The van der Waals surface area contributed by atoms with Crippen molar-refractivity contribution in [2.24, 2.45) is 0 Å². The van der Waals surface area contributed by atoms with E-state index >= 15 is 0 Å². The zero-order chi connectivity index (χ0) is 17.5. The highest BCUT2D eigenvalue weighted by Gasteiger charge is 2.16. The third-order valence-corrected chi connectivity index (χ3v) is 5.52. The molecule has 0 atom stereocenters. The molecule has 5 rings (SSSR count). The van der Waals surface area contributed by atoms with Crippen LogP contribution < -0.4 is 0 Å². The fraction of sp³-hybridized carbons (Fsp3) is 0. The Labute approximate surface area is 160 Å². The lowest BCUT2D eigenvalue weighted by Crippen LogP contribution is -1.97. The van der Waals surface area contributed by atoms with Crippen molar-refractivity contribution in [3.8, 4) is 16.8 Å². The van der Waals surface area contributed by atoms with E-state index in [2.05, 4.69) is 118 Å². The van der Waals surface area contributed by atoms with Crippen LogP contribution >= 0.6 is 15.9 Å². The van der Waals surface area contributed by atoms with E-state index in [1.165, 1.54) is 38.6 Å². The summed E-state index contributed by atoms with van der Waals surface area (Å²) in [5, 5.41) is 2.53. The van der Waals surface area contributed by atoms with Crippen molar-refractivity contribution in [2.75, 3.05) is 0 Å². The Morgan fingerprint density at radius 2 is 1.27 bits per heavy atom. The summed E-state index contributed by atoms with van der Waals surface area (Å²) in [5.41, 5.74) is 6.07. The van der Waals surface area contributed by atoms with E-state index < -0.39 is 0 Å². The Kier molecular flexibility index (Phi) is 3.65. The minimum absolute atomic E-state index is 1.11. The molecule has 0 saturated heterocycles. The van der Waals surface area contributed by atoms with Crippen LogP contribution in [0.5, 0.6) is 0 Å². The second-order valence-corrected chi connectivity index (χ2v) is 7.23. The van der Waals surface area contributed by atoms with Crippen LogP contribution in [0, 0.1) is 0 Å². The van der Waals surface area contributed by atoms with Crippen LogP contribution in [-0.4, -0.2) is 4.57 Å². The first-order valence-electron chi connectivity index (χ1n) is 8.67. The molecule has 0 bridgehead atoms.